The molecule has 2 saturated heterocycles. The molecule has 2 atom stereocenters. The van der Waals surface area contributed by atoms with Gasteiger partial charge in [0.05, 0.1) is 34.3 Å². The zero-order chi connectivity index (χ0) is 49.2. The number of thiophene rings is 1. The van der Waals surface area contributed by atoms with Gasteiger partial charge in [0.25, 0.3) is 0 Å². The zero-order valence-electron chi connectivity index (χ0n) is 39.5. The minimum atomic E-state index is -1.67. The topological polar surface area (TPSA) is 145 Å². The number of ether oxygens (including phenoxy) is 5. The first kappa shape index (κ1) is 48.6. The van der Waals surface area contributed by atoms with Gasteiger partial charge in [0.2, 0.25) is 12.0 Å². The maximum absolute atomic E-state index is 14.4. The van der Waals surface area contributed by atoms with Crippen molar-refractivity contribution in [3.8, 4) is 56.1 Å². The van der Waals surface area contributed by atoms with Crippen molar-refractivity contribution in [1.82, 2.24) is 34.6 Å². The highest BCUT2D eigenvalue weighted by Gasteiger charge is 2.33. The second kappa shape index (κ2) is 21.4. The lowest BCUT2D eigenvalue weighted by atomic mass is 9.92. The quantitative estimate of drug-likeness (QED) is 0.131. The van der Waals surface area contributed by atoms with Crippen LogP contribution in [0.2, 0.25) is 10.0 Å². The number of aromatic nitrogens is 4. The van der Waals surface area contributed by atoms with Gasteiger partial charge in [0, 0.05) is 80.1 Å². The Morgan fingerprint density at radius 1 is 0.859 bits per heavy atom. The van der Waals surface area contributed by atoms with Crippen LogP contribution in [0.4, 0.5) is 4.39 Å². The number of hydrogen-bond acceptors (Lipinski definition) is 14. The van der Waals surface area contributed by atoms with E-state index in [1.165, 1.54) is 35.4 Å². The molecule has 2 fully saturated rings. The SMILES string of the molecule is Cc1c(Cl)c2c(Cl)c(C)c1-c1c(-c3ccc(F)cc3)sc3ncnc(c13)O[C@@H](C(=O)O)c1cc(ccc1OCc1ccnc(-c3ccc(CCN4CCOCC4)cc3)n1)OC[C@@H](CN1CCN(C)CC1)O2. The van der Waals surface area contributed by atoms with Gasteiger partial charge in [0.15, 0.2) is 11.6 Å². The molecule has 1 N–H and O–H groups in total. The summed E-state index contributed by atoms with van der Waals surface area (Å²) in [6.45, 7) is 12.1. The van der Waals surface area contributed by atoms with Gasteiger partial charge >= 0.3 is 5.97 Å². The van der Waals surface area contributed by atoms with Crippen molar-refractivity contribution in [2.45, 2.75) is 39.1 Å². The van der Waals surface area contributed by atoms with Crippen LogP contribution in [0.3, 0.4) is 0 Å². The van der Waals surface area contributed by atoms with Crippen LogP contribution in [0.1, 0.15) is 34.1 Å². The van der Waals surface area contributed by atoms with Crippen LogP contribution in [0.5, 0.6) is 23.1 Å². The maximum atomic E-state index is 14.4. The summed E-state index contributed by atoms with van der Waals surface area (Å²) >= 11 is 16.0. The zero-order valence-corrected chi connectivity index (χ0v) is 41.8. The number of hydrogen-bond donors (Lipinski definition) is 1. The molecule has 0 saturated carbocycles. The Morgan fingerprint density at radius 3 is 2.32 bits per heavy atom. The molecule has 0 aliphatic carbocycles. The normalized spacial score (nSPS) is 17.9. The van der Waals surface area contributed by atoms with Crippen molar-refractivity contribution in [1.29, 1.82) is 0 Å². The summed E-state index contributed by atoms with van der Waals surface area (Å²) in [5.74, 6) is -0.306. The molecular weight excluding hydrogens is 969 g/mol. The van der Waals surface area contributed by atoms with Crippen molar-refractivity contribution < 1.29 is 38.0 Å². The van der Waals surface area contributed by atoms with E-state index in [9.17, 15) is 14.3 Å². The number of likely N-dealkylation sites (N-methyl/N-ethyl adjacent to an activating group) is 1. The molecule has 71 heavy (non-hydrogen) atoms. The Kier molecular flexibility index (Phi) is 14.7. The van der Waals surface area contributed by atoms with Crippen molar-refractivity contribution in [3.05, 3.63) is 129 Å². The number of carboxylic acid groups (broad SMARTS) is 1. The van der Waals surface area contributed by atoms with Gasteiger partial charge in [-0.2, -0.15) is 0 Å². The second-order valence-corrected chi connectivity index (χ2v) is 19.8. The first-order valence-electron chi connectivity index (χ1n) is 23.6. The van der Waals surface area contributed by atoms with Crippen LogP contribution in [0.15, 0.2) is 85.3 Å². The summed E-state index contributed by atoms with van der Waals surface area (Å²) in [5, 5.41) is 12.2. The average Bonchev–Trinajstić information content (AvgIpc) is 3.77. The largest absolute Gasteiger partial charge is 0.490 e. The van der Waals surface area contributed by atoms with Gasteiger partial charge in [-0.15, -0.1) is 11.3 Å². The third-order valence-corrected chi connectivity index (χ3v) is 15.3. The number of carbonyl (C=O) groups is 1. The molecule has 4 aromatic carbocycles. The van der Waals surface area contributed by atoms with E-state index >= 15 is 0 Å². The van der Waals surface area contributed by atoms with Crippen molar-refractivity contribution in [3.63, 3.8) is 0 Å². The molecule has 14 nitrogen and oxygen atoms in total. The van der Waals surface area contributed by atoms with Gasteiger partial charge in [0.1, 0.15) is 47.8 Å². The maximum Gasteiger partial charge on any atom is 0.349 e. The standard InChI is InChI=1S/C53H52Cl2FN7O7S/c1-31-42-32(2)46(55)48(45(31)54)69-39(27-63-20-18-61(3)19-21-63)29-67-38-12-13-41(68-28-37-14-16-57-50(60-37)35-6-4-33(5-7-35)15-17-62-22-24-66-25-23-62)40(26-38)47(53(64)65)70-51-44-43(42)49(71-52(44)59-30-58-51)34-8-10-36(56)11-9-34/h4-14,16,26,30,39,47H,15,17-25,27-29H2,1-3H3,(H,64,65)/t39-,47-/m1/s1. The number of rotatable bonds is 11. The number of benzene rings is 4. The van der Waals surface area contributed by atoms with Crippen LogP contribution >= 0.6 is 34.5 Å². The summed E-state index contributed by atoms with van der Waals surface area (Å²) in [7, 11) is 2.10. The molecule has 0 radical (unpaired) electrons. The van der Waals surface area contributed by atoms with Crippen LogP contribution in [0.25, 0.3) is 43.2 Å². The number of aliphatic carboxylic acids is 1. The van der Waals surface area contributed by atoms with E-state index < -0.39 is 24.0 Å². The minimum Gasteiger partial charge on any atom is -0.490 e. The van der Waals surface area contributed by atoms with Crippen LogP contribution in [-0.2, 0) is 22.6 Å². The van der Waals surface area contributed by atoms with E-state index in [0.717, 1.165) is 71.0 Å². The van der Waals surface area contributed by atoms with Crippen molar-refractivity contribution >= 4 is 50.7 Å². The summed E-state index contributed by atoms with van der Waals surface area (Å²) in [5.41, 5.74) is 6.05. The lowest BCUT2D eigenvalue weighted by Crippen LogP contribution is -2.49. The summed E-state index contributed by atoms with van der Waals surface area (Å²) in [4.78, 5) is 40.5. The monoisotopic (exact) mass is 1020 g/mol. The number of piperazine rings is 1. The summed E-state index contributed by atoms with van der Waals surface area (Å²) in [6.07, 6.45) is 1.70. The number of halogens is 3. The fraction of sp³-hybridized carbons (Fsp3) is 0.340. The number of morpholine rings is 1. The second-order valence-electron chi connectivity index (χ2n) is 18.0. The Hall–Kier alpha value is -5.98. The minimum absolute atomic E-state index is 0.0162. The fourth-order valence-corrected chi connectivity index (χ4v) is 10.9. The average molecular weight is 1020 g/mol. The Bertz CT molecular complexity index is 3030. The molecule has 3 aromatic heterocycles. The van der Waals surface area contributed by atoms with Gasteiger partial charge in [-0.25, -0.2) is 29.1 Å². The smallest absolute Gasteiger partial charge is 0.349 e. The third-order valence-electron chi connectivity index (χ3n) is 13.2. The van der Waals surface area contributed by atoms with Crippen molar-refractivity contribution in [2.75, 3.05) is 79.2 Å². The van der Waals surface area contributed by atoms with E-state index in [-0.39, 0.29) is 30.4 Å². The molecule has 368 valence electrons. The molecule has 18 heteroatoms. The fourth-order valence-electron chi connectivity index (χ4n) is 9.26. The lowest BCUT2D eigenvalue weighted by molar-refractivity contribution is -0.145. The molecule has 0 amide bonds. The Labute approximate surface area is 424 Å². The molecule has 0 spiro atoms. The molecule has 7 heterocycles. The number of carboxylic acids is 1. The van der Waals surface area contributed by atoms with Gasteiger partial charge in [-0.1, -0.05) is 59.6 Å². The first-order valence-corrected chi connectivity index (χ1v) is 25.1. The number of fused-ring (bicyclic) bond motifs is 6. The van der Waals surface area contributed by atoms with Crippen molar-refractivity contribution in [2.24, 2.45) is 0 Å². The van der Waals surface area contributed by atoms with E-state index in [4.69, 9.17) is 51.9 Å². The van der Waals surface area contributed by atoms with Gasteiger partial charge < -0.3 is 33.7 Å². The predicted molar refractivity (Wildman–Crippen MR) is 272 cm³/mol. The van der Waals surface area contributed by atoms with Crippen LogP contribution < -0.4 is 18.9 Å². The highest BCUT2D eigenvalue weighted by molar-refractivity contribution is 7.22. The molecule has 4 bridgehead atoms. The highest BCUT2D eigenvalue weighted by atomic mass is 35.5. The van der Waals surface area contributed by atoms with E-state index in [1.807, 2.05) is 26.0 Å². The third kappa shape index (κ3) is 10.7. The summed E-state index contributed by atoms with van der Waals surface area (Å²) in [6, 6.07) is 21.1. The first-order chi connectivity index (χ1) is 34.5. The van der Waals surface area contributed by atoms with Gasteiger partial charge in [-0.3, -0.25) is 9.80 Å². The predicted octanol–water partition coefficient (Wildman–Crippen LogP) is 9.59. The van der Waals surface area contributed by atoms with E-state index in [0.29, 0.717) is 82.5 Å². The van der Waals surface area contributed by atoms with Crippen LogP contribution in [0, 0.1) is 19.7 Å². The number of nitrogens with zero attached hydrogens (tertiary/aromatic N) is 7. The summed E-state index contributed by atoms with van der Waals surface area (Å²) < 4.78 is 46.3. The Balaban J connectivity index is 1.03. The molecule has 4 aliphatic rings. The highest BCUT2D eigenvalue weighted by Crippen LogP contribution is 2.53. The molecule has 4 aliphatic heterocycles. The van der Waals surface area contributed by atoms with E-state index in [2.05, 4.69) is 48.8 Å². The van der Waals surface area contributed by atoms with Gasteiger partial charge in [-0.05, 0) is 91.5 Å². The Morgan fingerprint density at radius 2 is 1.59 bits per heavy atom. The van der Waals surface area contributed by atoms with Crippen LogP contribution in [-0.4, -0.2) is 131 Å². The molecule has 7 aromatic rings. The lowest BCUT2D eigenvalue weighted by Gasteiger charge is -2.35. The molecule has 0 unspecified atom stereocenters. The molecular formula is C53H52Cl2FN7O7S. The van der Waals surface area contributed by atoms with E-state index in [1.54, 1.807) is 42.6 Å². The molecule has 11 rings (SSSR count).